The van der Waals surface area contributed by atoms with Crippen molar-refractivity contribution in [1.82, 2.24) is 73.5 Å². The van der Waals surface area contributed by atoms with E-state index in [-0.39, 0.29) is 52.7 Å². The number of anilines is 3. The molecule has 0 saturated heterocycles. The standard InChI is InChI=1S/C23H19FN6O.C22H24N6O.C21H22N6O/c1-13-4-3-5-15-10-18(14(2)29-22-20-21(26-11-25-20)27-12-28-22)30(23(31)19(13)15)17-8-6-16(24)7-9-17;1-3-16(27-21-19-20(24-11-23-19)25-12-26-21)17-10-14-7-4-6-13(2)18(14)22(29)28(17)15-8-5-9-15;1-12-5-3-6-14-9-16(27(15-7-4-8-15)21(28)17(12)14)13(2)26-20-18-19(23-10-22-18)24-11-25-20/h3-12,14H,1-2H3,(H2,25,26,27,28,29);4,6-7,10-12,15-16H,3,5,8-9H2,1-2H3,(H2,23,24,25,26,27);3,5-6,9-11,13,15H,4,7-8H2,1-2H3,(H2,22,23,24,25,26). The third-order valence-electron chi connectivity index (χ3n) is 17.2. The SMILES string of the molecule is CCC(Nc1ncnc2nc[nH]c12)c1cc2cccc(C)c2c(=O)n1C1CCC1.Cc1cccc2cc(C(C)Nc3ncnc4nc[nH]c34)n(-c3ccc(F)cc3)c(=O)c12.Cc1cccc2cc(C(C)Nc3ncnc4nc[nH]c34)n(C3CCC3)c(=O)c12. The number of aryl methyl sites for hydroxylation is 3. The minimum Gasteiger partial charge on any atom is -0.360 e. The van der Waals surface area contributed by atoms with Crippen LogP contribution in [0.25, 0.3) is 71.5 Å². The Labute approximate surface area is 503 Å². The minimum atomic E-state index is -0.357. The number of aromatic nitrogens is 15. The molecule has 3 unspecified atom stereocenters. The highest BCUT2D eigenvalue weighted by Gasteiger charge is 2.29. The number of rotatable bonds is 13. The molecule has 22 heteroatoms. The zero-order chi connectivity index (χ0) is 60.7. The first-order valence-electron chi connectivity index (χ1n) is 29.8. The van der Waals surface area contributed by atoms with E-state index < -0.39 is 0 Å². The summed E-state index contributed by atoms with van der Waals surface area (Å²) < 4.78 is 19.2. The summed E-state index contributed by atoms with van der Waals surface area (Å²) >= 11 is 0. The molecule has 444 valence electrons. The number of halogens is 1. The van der Waals surface area contributed by atoms with Crippen molar-refractivity contribution in [3.8, 4) is 5.69 Å². The Balaban J connectivity index is 0.000000122. The van der Waals surface area contributed by atoms with Gasteiger partial charge in [-0.2, -0.15) is 0 Å². The van der Waals surface area contributed by atoms with Gasteiger partial charge in [0.1, 0.15) is 41.3 Å². The fourth-order valence-corrected chi connectivity index (χ4v) is 12.2. The number of hydrogen-bond acceptors (Lipinski definition) is 15. The van der Waals surface area contributed by atoms with Gasteiger partial charge >= 0.3 is 0 Å². The maximum Gasteiger partial charge on any atom is 0.263 e. The number of pyridine rings is 3. The molecule has 2 aliphatic rings. The molecule has 9 aromatic heterocycles. The second kappa shape index (κ2) is 23.7. The largest absolute Gasteiger partial charge is 0.360 e. The Hall–Kier alpha value is -10.5. The molecule has 2 saturated carbocycles. The van der Waals surface area contributed by atoms with Crippen molar-refractivity contribution in [3.63, 3.8) is 0 Å². The van der Waals surface area contributed by atoms with Crippen LogP contribution >= 0.6 is 0 Å². The zero-order valence-electron chi connectivity index (χ0n) is 49.5. The summed E-state index contributed by atoms with van der Waals surface area (Å²) in [6, 6.07) is 30.2. The first-order valence-corrected chi connectivity index (χ1v) is 29.8. The second-order valence-electron chi connectivity index (χ2n) is 22.8. The van der Waals surface area contributed by atoms with Crippen molar-refractivity contribution in [1.29, 1.82) is 0 Å². The first kappa shape index (κ1) is 56.6. The molecule has 0 amide bonds. The van der Waals surface area contributed by atoms with Crippen LogP contribution in [0.3, 0.4) is 0 Å². The normalized spacial score (nSPS) is 14.4. The molecular formula is C66H65FN18O3. The molecule has 13 aromatic rings. The van der Waals surface area contributed by atoms with Gasteiger partial charge in [-0.1, -0.05) is 61.5 Å². The first-order chi connectivity index (χ1) is 42.8. The summed E-state index contributed by atoms with van der Waals surface area (Å²) in [5, 5.41) is 15.5. The van der Waals surface area contributed by atoms with Gasteiger partial charge in [0, 0.05) is 34.9 Å². The third-order valence-corrected chi connectivity index (χ3v) is 17.2. The van der Waals surface area contributed by atoms with Gasteiger partial charge in [0.05, 0.1) is 53.3 Å². The average Bonchev–Trinajstić information content (AvgIpc) is 1.45. The Morgan fingerprint density at radius 3 is 1.33 bits per heavy atom. The Kier molecular flexibility index (Phi) is 15.3. The third kappa shape index (κ3) is 10.5. The number of fused-ring (bicyclic) bond motifs is 6. The van der Waals surface area contributed by atoms with Crippen LogP contribution in [0.4, 0.5) is 21.8 Å². The molecule has 0 aliphatic heterocycles. The van der Waals surface area contributed by atoms with Crippen LogP contribution in [0.1, 0.15) is 130 Å². The lowest BCUT2D eigenvalue weighted by Crippen LogP contribution is -2.34. The summed E-state index contributed by atoms with van der Waals surface area (Å²) in [5.41, 5.74) is 10.4. The molecular weight excluding hydrogens is 1110 g/mol. The van der Waals surface area contributed by atoms with Gasteiger partial charge in [0.25, 0.3) is 16.7 Å². The second-order valence-corrected chi connectivity index (χ2v) is 22.8. The molecule has 4 aromatic carbocycles. The van der Waals surface area contributed by atoms with E-state index in [0.29, 0.717) is 51.0 Å². The summed E-state index contributed by atoms with van der Waals surface area (Å²) in [6.07, 6.45) is 16.6. The lowest BCUT2D eigenvalue weighted by atomic mass is 9.91. The lowest BCUT2D eigenvalue weighted by molar-refractivity contribution is 0.297. The van der Waals surface area contributed by atoms with Gasteiger partial charge in [0.15, 0.2) is 34.4 Å². The van der Waals surface area contributed by atoms with Crippen molar-refractivity contribution in [2.75, 3.05) is 16.0 Å². The number of benzene rings is 4. The van der Waals surface area contributed by atoms with Crippen molar-refractivity contribution in [2.24, 2.45) is 0 Å². The van der Waals surface area contributed by atoms with E-state index in [1.165, 1.54) is 44.0 Å². The number of nitrogens with one attached hydrogen (secondary N) is 6. The number of nitrogens with zero attached hydrogens (tertiary/aromatic N) is 12. The summed E-state index contributed by atoms with van der Waals surface area (Å²) in [4.78, 5) is 88.0. The smallest absolute Gasteiger partial charge is 0.263 e. The van der Waals surface area contributed by atoms with Gasteiger partial charge in [-0.15, -0.1) is 0 Å². The molecule has 6 N–H and O–H groups in total. The Morgan fingerprint density at radius 1 is 0.500 bits per heavy atom. The van der Waals surface area contributed by atoms with E-state index in [2.05, 4.69) is 102 Å². The Morgan fingerprint density at radius 2 is 0.898 bits per heavy atom. The zero-order valence-corrected chi connectivity index (χ0v) is 49.5. The van der Waals surface area contributed by atoms with Crippen LogP contribution < -0.4 is 32.6 Å². The van der Waals surface area contributed by atoms with Gasteiger partial charge in [-0.05, 0) is 155 Å². The minimum absolute atomic E-state index is 0.0467. The number of aromatic amines is 3. The molecule has 15 rings (SSSR count). The quantitative estimate of drug-likeness (QED) is 0.0627. The fourth-order valence-electron chi connectivity index (χ4n) is 12.2. The van der Waals surface area contributed by atoms with E-state index in [1.807, 2.05) is 97.5 Å². The van der Waals surface area contributed by atoms with Crippen molar-refractivity contribution >= 4 is 83.3 Å². The maximum atomic E-state index is 13.6. The molecule has 2 fully saturated rings. The molecule has 9 heterocycles. The number of H-pyrrole nitrogens is 3. The van der Waals surface area contributed by atoms with Crippen LogP contribution in [-0.4, -0.2) is 73.5 Å². The number of hydrogen-bond donors (Lipinski definition) is 6. The lowest BCUT2D eigenvalue weighted by Gasteiger charge is -2.33. The predicted molar refractivity (Wildman–Crippen MR) is 342 cm³/mol. The molecule has 0 radical (unpaired) electrons. The van der Waals surface area contributed by atoms with Crippen LogP contribution in [0.15, 0.2) is 149 Å². The van der Waals surface area contributed by atoms with Crippen molar-refractivity contribution in [3.05, 3.63) is 206 Å². The number of imidazole rings is 3. The summed E-state index contributed by atoms with van der Waals surface area (Å²) in [6.45, 7) is 12.1. The van der Waals surface area contributed by atoms with E-state index in [4.69, 9.17) is 0 Å². The van der Waals surface area contributed by atoms with E-state index in [0.717, 1.165) is 104 Å². The summed E-state index contributed by atoms with van der Waals surface area (Å²) in [7, 11) is 0. The molecule has 0 spiro atoms. The molecule has 2 aliphatic carbocycles. The van der Waals surface area contributed by atoms with E-state index in [9.17, 15) is 18.8 Å². The van der Waals surface area contributed by atoms with Crippen LogP contribution in [-0.2, 0) is 0 Å². The predicted octanol–water partition coefficient (Wildman–Crippen LogP) is 12.4. The monoisotopic (exact) mass is 1180 g/mol. The highest BCUT2D eigenvalue weighted by molar-refractivity contribution is 5.89. The van der Waals surface area contributed by atoms with Crippen LogP contribution in [0.5, 0.6) is 0 Å². The topological polar surface area (TPSA) is 265 Å². The van der Waals surface area contributed by atoms with E-state index >= 15 is 0 Å². The molecule has 21 nitrogen and oxygen atoms in total. The fraction of sp³-hybridized carbons (Fsp3) is 0.273. The van der Waals surface area contributed by atoms with Crippen LogP contribution in [0.2, 0.25) is 0 Å². The van der Waals surface area contributed by atoms with Gasteiger partial charge in [-0.25, -0.2) is 49.2 Å². The van der Waals surface area contributed by atoms with E-state index in [1.54, 1.807) is 35.7 Å². The van der Waals surface area contributed by atoms with Crippen molar-refractivity contribution < 1.29 is 4.39 Å². The molecule has 0 bridgehead atoms. The van der Waals surface area contributed by atoms with Gasteiger partial charge in [0.2, 0.25) is 0 Å². The average molecular weight is 1180 g/mol. The molecule has 3 atom stereocenters. The van der Waals surface area contributed by atoms with Gasteiger partial charge < -0.3 is 40.0 Å². The highest BCUT2D eigenvalue weighted by Crippen LogP contribution is 2.38. The summed E-state index contributed by atoms with van der Waals surface area (Å²) in [5.74, 6) is 1.62. The Bertz CT molecular complexity index is 4940. The van der Waals surface area contributed by atoms with Gasteiger partial charge in [-0.3, -0.25) is 19.0 Å². The molecule has 88 heavy (non-hydrogen) atoms. The van der Waals surface area contributed by atoms with Crippen LogP contribution in [0, 0.1) is 26.6 Å². The van der Waals surface area contributed by atoms with Crippen molar-refractivity contribution in [2.45, 2.75) is 117 Å². The maximum absolute atomic E-state index is 13.6. The highest BCUT2D eigenvalue weighted by atomic mass is 19.1.